The number of aromatic nitrogens is 2. The zero-order chi connectivity index (χ0) is 19.9. The lowest BCUT2D eigenvalue weighted by Crippen LogP contribution is -2.33. The standard InChI is InChI=1S/C21H21N3O4/c1-27-17-8-5-7-15(12-17)18-10-11-21(26)24(23-18)14-20(25)22-13-16-6-3-4-9-19(16)28-2/h3-12H,13-14H2,1-2H3,(H,22,25). The van der Waals surface area contributed by atoms with Crippen LogP contribution in [0.15, 0.2) is 65.5 Å². The summed E-state index contributed by atoms with van der Waals surface area (Å²) in [5, 5.41) is 7.10. The van der Waals surface area contributed by atoms with Crippen molar-refractivity contribution in [1.29, 1.82) is 0 Å². The number of nitrogens with one attached hydrogen (secondary N) is 1. The molecule has 0 unspecified atom stereocenters. The summed E-state index contributed by atoms with van der Waals surface area (Å²) in [7, 11) is 3.16. The first kappa shape index (κ1) is 19.2. The van der Waals surface area contributed by atoms with Crippen LogP contribution < -0.4 is 20.3 Å². The first-order valence-corrected chi connectivity index (χ1v) is 8.72. The molecule has 1 heterocycles. The first-order chi connectivity index (χ1) is 13.6. The van der Waals surface area contributed by atoms with Crippen LogP contribution in [0.25, 0.3) is 11.3 Å². The molecule has 7 nitrogen and oxygen atoms in total. The Kier molecular flexibility index (Phi) is 6.06. The molecule has 0 saturated carbocycles. The minimum Gasteiger partial charge on any atom is -0.497 e. The summed E-state index contributed by atoms with van der Waals surface area (Å²) in [5.74, 6) is 1.06. The van der Waals surface area contributed by atoms with Gasteiger partial charge in [-0.25, -0.2) is 4.68 Å². The van der Waals surface area contributed by atoms with Gasteiger partial charge in [-0.05, 0) is 24.3 Å². The molecule has 1 aromatic heterocycles. The van der Waals surface area contributed by atoms with E-state index in [0.29, 0.717) is 23.7 Å². The third kappa shape index (κ3) is 4.56. The van der Waals surface area contributed by atoms with Gasteiger partial charge in [0, 0.05) is 23.7 Å². The van der Waals surface area contributed by atoms with E-state index in [1.165, 1.54) is 6.07 Å². The molecular weight excluding hydrogens is 358 g/mol. The summed E-state index contributed by atoms with van der Waals surface area (Å²) in [6.07, 6.45) is 0. The minimum absolute atomic E-state index is 0.175. The number of amides is 1. The summed E-state index contributed by atoms with van der Waals surface area (Å²) in [5.41, 5.74) is 1.88. The Morgan fingerprint density at radius 1 is 1.04 bits per heavy atom. The maximum Gasteiger partial charge on any atom is 0.267 e. The van der Waals surface area contributed by atoms with Gasteiger partial charge < -0.3 is 14.8 Å². The number of hydrogen-bond donors (Lipinski definition) is 1. The van der Waals surface area contributed by atoms with E-state index in [4.69, 9.17) is 9.47 Å². The van der Waals surface area contributed by atoms with Crippen molar-refractivity contribution in [2.24, 2.45) is 0 Å². The lowest BCUT2D eigenvalue weighted by atomic mass is 10.1. The maximum absolute atomic E-state index is 12.3. The number of carbonyl (C=O) groups is 1. The molecule has 2 aromatic carbocycles. The highest BCUT2D eigenvalue weighted by molar-refractivity contribution is 5.75. The Hall–Kier alpha value is -3.61. The van der Waals surface area contributed by atoms with Crippen molar-refractivity contribution >= 4 is 5.91 Å². The maximum atomic E-state index is 12.3. The number of rotatable bonds is 7. The second-order valence-corrected chi connectivity index (χ2v) is 6.03. The highest BCUT2D eigenvalue weighted by Gasteiger charge is 2.10. The molecule has 0 atom stereocenters. The van der Waals surface area contributed by atoms with E-state index in [1.807, 2.05) is 48.5 Å². The van der Waals surface area contributed by atoms with E-state index >= 15 is 0 Å². The molecule has 144 valence electrons. The van der Waals surface area contributed by atoms with E-state index in [-0.39, 0.29) is 18.0 Å². The fourth-order valence-electron chi connectivity index (χ4n) is 2.73. The Labute approximate surface area is 162 Å². The fraction of sp³-hybridized carbons (Fsp3) is 0.190. The molecule has 0 bridgehead atoms. The van der Waals surface area contributed by atoms with Gasteiger partial charge in [0.2, 0.25) is 5.91 Å². The molecule has 3 aromatic rings. The number of nitrogens with zero attached hydrogens (tertiary/aromatic N) is 2. The number of hydrogen-bond acceptors (Lipinski definition) is 5. The molecule has 0 fully saturated rings. The molecule has 7 heteroatoms. The molecule has 1 N–H and O–H groups in total. The average Bonchev–Trinajstić information content (AvgIpc) is 2.74. The van der Waals surface area contributed by atoms with Gasteiger partial charge in [-0.2, -0.15) is 5.10 Å². The van der Waals surface area contributed by atoms with Gasteiger partial charge in [0.15, 0.2) is 0 Å². The lowest BCUT2D eigenvalue weighted by molar-refractivity contribution is -0.122. The second kappa shape index (κ2) is 8.85. The quantitative estimate of drug-likeness (QED) is 0.681. The predicted octanol–water partition coefficient (Wildman–Crippen LogP) is 2.24. The Balaban J connectivity index is 1.73. The number of benzene rings is 2. The first-order valence-electron chi connectivity index (χ1n) is 8.72. The van der Waals surface area contributed by atoms with Gasteiger partial charge in [0.25, 0.3) is 5.56 Å². The molecule has 1 amide bonds. The van der Waals surface area contributed by atoms with Crippen LogP contribution in [0.2, 0.25) is 0 Å². The highest BCUT2D eigenvalue weighted by atomic mass is 16.5. The van der Waals surface area contributed by atoms with Gasteiger partial charge in [-0.3, -0.25) is 9.59 Å². The third-order valence-electron chi connectivity index (χ3n) is 4.19. The monoisotopic (exact) mass is 379 g/mol. The van der Waals surface area contributed by atoms with E-state index in [9.17, 15) is 9.59 Å². The average molecular weight is 379 g/mol. The van der Waals surface area contributed by atoms with Crippen LogP contribution in [-0.2, 0) is 17.9 Å². The SMILES string of the molecule is COc1cccc(-c2ccc(=O)n(CC(=O)NCc3ccccc3OC)n2)c1. The van der Waals surface area contributed by atoms with Crippen molar-refractivity contribution in [1.82, 2.24) is 15.1 Å². The van der Waals surface area contributed by atoms with Crippen molar-refractivity contribution < 1.29 is 14.3 Å². The Morgan fingerprint density at radius 2 is 1.86 bits per heavy atom. The summed E-state index contributed by atoms with van der Waals surface area (Å²) in [4.78, 5) is 24.4. The van der Waals surface area contributed by atoms with Gasteiger partial charge >= 0.3 is 0 Å². The summed E-state index contributed by atoms with van der Waals surface area (Å²) in [6.45, 7) is 0.124. The van der Waals surface area contributed by atoms with E-state index < -0.39 is 0 Å². The highest BCUT2D eigenvalue weighted by Crippen LogP contribution is 2.21. The Bertz CT molecular complexity index is 1030. The molecule has 3 rings (SSSR count). The zero-order valence-electron chi connectivity index (χ0n) is 15.7. The van der Waals surface area contributed by atoms with Crippen LogP contribution in [0.5, 0.6) is 11.5 Å². The van der Waals surface area contributed by atoms with Gasteiger partial charge in [0.05, 0.1) is 19.9 Å². The van der Waals surface area contributed by atoms with Crippen molar-refractivity contribution in [3.8, 4) is 22.8 Å². The van der Waals surface area contributed by atoms with Crippen LogP contribution in [-0.4, -0.2) is 29.9 Å². The van der Waals surface area contributed by atoms with E-state index in [1.54, 1.807) is 20.3 Å². The summed E-state index contributed by atoms with van der Waals surface area (Å²) >= 11 is 0. The van der Waals surface area contributed by atoms with Gasteiger partial charge in [-0.15, -0.1) is 0 Å². The van der Waals surface area contributed by atoms with E-state index in [0.717, 1.165) is 15.8 Å². The van der Waals surface area contributed by atoms with Crippen LogP contribution in [0.1, 0.15) is 5.56 Å². The normalized spacial score (nSPS) is 10.4. The molecule has 0 spiro atoms. The van der Waals surface area contributed by atoms with Crippen molar-refractivity contribution in [2.45, 2.75) is 13.1 Å². The van der Waals surface area contributed by atoms with Gasteiger partial charge in [-0.1, -0.05) is 30.3 Å². The molecule has 0 aliphatic heterocycles. The molecule has 0 saturated heterocycles. The number of methoxy groups -OCH3 is 2. The van der Waals surface area contributed by atoms with Gasteiger partial charge in [0.1, 0.15) is 18.0 Å². The summed E-state index contributed by atoms with van der Waals surface area (Å²) < 4.78 is 11.6. The molecule has 0 radical (unpaired) electrons. The van der Waals surface area contributed by atoms with E-state index in [2.05, 4.69) is 10.4 Å². The van der Waals surface area contributed by atoms with Crippen LogP contribution in [0.4, 0.5) is 0 Å². The molecular formula is C21H21N3O4. The van der Waals surface area contributed by atoms with Crippen LogP contribution in [0, 0.1) is 0 Å². The fourth-order valence-corrected chi connectivity index (χ4v) is 2.73. The molecule has 0 aliphatic carbocycles. The van der Waals surface area contributed by atoms with Crippen molar-refractivity contribution in [3.63, 3.8) is 0 Å². The van der Waals surface area contributed by atoms with Crippen molar-refractivity contribution in [3.05, 3.63) is 76.6 Å². The largest absolute Gasteiger partial charge is 0.497 e. The smallest absolute Gasteiger partial charge is 0.267 e. The number of ether oxygens (including phenoxy) is 2. The number of carbonyl (C=O) groups excluding carboxylic acids is 1. The lowest BCUT2D eigenvalue weighted by Gasteiger charge is -2.11. The van der Waals surface area contributed by atoms with Crippen molar-refractivity contribution in [2.75, 3.05) is 14.2 Å². The zero-order valence-corrected chi connectivity index (χ0v) is 15.7. The number of para-hydroxylation sites is 1. The summed E-state index contributed by atoms with van der Waals surface area (Å²) in [6, 6.07) is 17.8. The van der Waals surface area contributed by atoms with Crippen LogP contribution in [0.3, 0.4) is 0 Å². The second-order valence-electron chi connectivity index (χ2n) is 6.03. The predicted molar refractivity (Wildman–Crippen MR) is 105 cm³/mol. The topological polar surface area (TPSA) is 82.5 Å². The van der Waals surface area contributed by atoms with Crippen LogP contribution >= 0.6 is 0 Å². The minimum atomic E-state index is -0.348. The molecule has 0 aliphatic rings. The molecule has 28 heavy (non-hydrogen) atoms. The Morgan fingerprint density at radius 3 is 2.64 bits per heavy atom. The third-order valence-corrected chi connectivity index (χ3v) is 4.19.